The lowest BCUT2D eigenvalue weighted by Gasteiger charge is -2.28. The molecule has 6 atom stereocenters. The summed E-state index contributed by atoms with van der Waals surface area (Å²) in [5.41, 5.74) is -2.58. The second kappa shape index (κ2) is 14.2. The highest BCUT2D eigenvalue weighted by molar-refractivity contribution is 7.52. The van der Waals surface area contributed by atoms with E-state index >= 15 is 8.78 Å². The van der Waals surface area contributed by atoms with Gasteiger partial charge < -0.3 is 23.8 Å². The first-order valence-corrected chi connectivity index (χ1v) is 16.7. The number of imidazole rings is 1. The molecule has 0 bridgehead atoms. The Morgan fingerprint density at radius 3 is 2.66 bits per heavy atom. The third kappa shape index (κ3) is 7.54. The van der Waals surface area contributed by atoms with Gasteiger partial charge in [0.15, 0.2) is 23.6 Å². The van der Waals surface area contributed by atoms with Crippen molar-refractivity contribution in [2.24, 2.45) is 0 Å². The summed E-state index contributed by atoms with van der Waals surface area (Å²) in [4.78, 5) is 36.3. The maximum Gasteiger partial charge on any atom is 0.459 e. The maximum atomic E-state index is 16.4. The first-order valence-electron chi connectivity index (χ1n) is 15.2. The highest BCUT2D eigenvalue weighted by Crippen LogP contribution is 2.52. The van der Waals surface area contributed by atoms with Crippen molar-refractivity contribution < 1.29 is 51.3 Å². The predicted octanol–water partition coefficient (Wildman–Crippen LogP) is 4.13. The normalized spacial score (nSPS) is 26.8. The quantitative estimate of drug-likeness (QED) is 0.125. The number of fused-ring (bicyclic) bond motifs is 1. The molecule has 256 valence electrons. The summed E-state index contributed by atoms with van der Waals surface area (Å²) in [5.74, 6) is -4.31. The Morgan fingerprint density at radius 1 is 1.26 bits per heavy atom. The Morgan fingerprint density at radius 2 is 1.98 bits per heavy atom. The van der Waals surface area contributed by atoms with Crippen molar-refractivity contribution in [1.82, 2.24) is 24.6 Å². The van der Waals surface area contributed by atoms with Gasteiger partial charge in [-0.25, -0.2) is 18.3 Å². The lowest BCUT2D eigenvalue weighted by Crippen LogP contribution is -2.46. The fourth-order valence-electron chi connectivity index (χ4n) is 5.41. The summed E-state index contributed by atoms with van der Waals surface area (Å²) in [6, 6.07) is 6.53. The van der Waals surface area contributed by atoms with Gasteiger partial charge in [-0.15, -0.1) is 0 Å². The van der Waals surface area contributed by atoms with E-state index in [9.17, 15) is 19.3 Å². The van der Waals surface area contributed by atoms with Crippen LogP contribution in [0.3, 0.4) is 0 Å². The SMILES string of the molecule is CCOc1nc(NC=O)nc2c1ncn2[C@@H]1O[C@](F)(COP(=O)(NC(C)C(=O)OC2CCCCC2)Oc2ccccc2)[C@@H](F)[C@@]1(C)O. The first kappa shape index (κ1) is 34.6. The lowest BCUT2D eigenvalue weighted by atomic mass is 9.97. The summed E-state index contributed by atoms with van der Waals surface area (Å²) < 4.78 is 74.7. The van der Waals surface area contributed by atoms with Gasteiger partial charge in [0.25, 0.3) is 5.85 Å². The molecule has 1 aromatic carbocycles. The van der Waals surface area contributed by atoms with Crippen LogP contribution in [0, 0.1) is 0 Å². The number of aliphatic hydroxyl groups is 1. The van der Waals surface area contributed by atoms with Crippen LogP contribution in [0.4, 0.5) is 14.7 Å². The molecule has 1 amide bonds. The van der Waals surface area contributed by atoms with E-state index in [4.69, 9.17) is 23.3 Å². The second-order valence-electron chi connectivity index (χ2n) is 11.4. The van der Waals surface area contributed by atoms with Crippen molar-refractivity contribution >= 4 is 37.2 Å². The van der Waals surface area contributed by atoms with E-state index in [1.165, 1.54) is 19.1 Å². The van der Waals surface area contributed by atoms with Gasteiger partial charge in [-0.1, -0.05) is 24.6 Å². The molecule has 1 aliphatic heterocycles. The zero-order valence-corrected chi connectivity index (χ0v) is 26.9. The van der Waals surface area contributed by atoms with E-state index in [0.717, 1.165) is 37.1 Å². The van der Waals surface area contributed by atoms with Gasteiger partial charge in [0.05, 0.1) is 12.9 Å². The Bertz CT molecular complexity index is 1610. The number of rotatable bonds is 14. The summed E-state index contributed by atoms with van der Waals surface area (Å²) in [7, 11) is -4.63. The minimum absolute atomic E-state index is 0.0360. The van der Waals surface area contributed by atoms with Crippen LogP contribution in [0.5, 0.6) is 11.6 Å². The number of amides is 1. The third-order valence-electron chi connectivity index (χ3n) is 7.75. The van der Waals surface area contributed by atoms with Gasteiger partial charge in [-0.3, -0.25) is 24.0 Å². The molecule has 2 aliphatic rings. The third-order valence-corrected chi connectivity index (χ3v) is 9.37. The van der Waals surface area contributed by atoms with Crippen LogP contribution >= 0.6 is 7.75 Å². The molecule has 2 unspecified atom stereocenters. The van der Waals surface area contributed by atoms with E-state index < -0.39 is 50.2 Å². The number of hydrogen-bond acceptors (Lipinski definition) is 12. The molecular formula is C29H37F2N6O9P. The van der Waals surface area contributed by atoms with E-state index in [-0.39, 0.29) is 41.5 Å². The summed E-state index contributed by atoms with van der Waals surface area (Å²) in [6.07, 6.45) is 0.857. The maximum absolute atomic E-state index is 16.4. The fraction of sp³-hybridized carbons (Fsp3) is 0.552. The largest absolute Gasteiger partial charge is 0.476 e. The molecule has 3 heterocycles. The molecule has 3 N–H and O–H groups in total. The zero-order valence-electron chi connectivity index (χ0n) is 26.0. The summed E-state index contributed by atoms with van der Waals surface area (Å²) >= 11 is 0. The van der Waals surface area contributed by atoms with Gasteiger partial charge in [0, 0.05) is 0 Å². The average Bonchev–Trinajstić information content (AvgIpc) is 3.54. The number of benzene rings is 1. The van der Waals surface area contributed by atoms with Gasteiger partial charge in [-0.2, -0.15) is 15.1 Å². The van der Waals surface area contributed by atoms with Crippen molar-refractivity contribution in [3.8, 4) is 11.6 Å². The van der Waals surface area contributed by atoms with Crippen LogP contribution in [-0.4, -0.2) is 80.0 Å². The topological polar surface area (TPSA) is 185 Å². The number of ether oxygens (including phenoxy) is 3. The highest BCUT2D eigenvalue weighted by Gasteiger charge is 2.65. The molecule has 47 heavy (non-hydrogen) atoms. The second-order valence-corrected chi connectivity index (χ2v) is 13.1. The van der Waals surface area contributed by atoms with Crippen molar-refractivity contribution in [2.75, 3.05) is 18.5 Å². The molecule has 15 nitrogen and oxygen atoms in total. The molecule has 0 radical (unpaired) electrons. The standard InChI is InChI=1S/C29H37F2N6O9P/c1-4-42-23-21-22(34-27(35-23)33-17-38)37(16-32-21)26-28(3,40)25(30)29(31,45-26)15-43-47(41,46-20-13-9-6-10-14-20)36-18(2)24(39)44-19-11-7-5-8-12-19/h6,9-10,13-14,16-19,25-26,40H,4-5,7-8,11-12,15H2,1-3H3,(H,36,41)(H,33,34,35,38)/t18?,25-,26+,28+,29+,47?/m0/s1. The molecule has 3 aromatic rings. The average molecular weight is 683 g/mol. The van der Waals surface area contributed by atoms with Crippen molar-refractivity contribution in [3.63, 3.8) is 0 Å². The molecule has 2 fully saturated rings. The number of anilines is 1. The molecule has 0 spiro atoms. The summed E-state index contributed by atoms with van der Waals surface area (Å²) in [5, 5.41) is 15.9. The molecular weight excluding hydrogens is 645 g/mol. The number of hydrogen-bond donors (Lipinski definition) is 3. The number of nitrogens with zero attached hydrogens (tertiary/aromatic N) is 4. The minimum Gasteiger partial charge on any atom is -0.476 e. The van der Waals surface area contributed by atoms with E-state index in [2.05, 4.69) is 25.4 Å². The van der Waals surface area contributed by atoms with E-state index in [1.807, 2.05) is 0 Å². The number of alkyl halides is 2. The van der Waals surface area contributed by atoms with Crippen LogP contribution in [0.25, 0.3) is 11.2 Å². The van der Waals surface area contributed by atoms with Gasteiger partial charge in [-0.05, 0) is 58.6 Å². The molecule has 2 aromatic heterocycles. The number of para-hydroxylation sites is 1. The number of nitrogens with one attached hydrogen (secondary N) is 2. The monoisotopic (exact) mass is 682 g/mol. The van der Waals surface area contributed by atoms with Crippen LogP contribution in [-0.2, 0) is 28.2 Å². The van der Waals surface area contributed by atoms with Gasteiger partial charge in [0.1, 0.15) is 30.1 Å². The first-order chi connectivity index (χ1) is 22.4. The molecule has 1 saturated heterocycles. The van der Waals surface area contributed by atoms with E-state index in [0.29, 0.717) is 19.3 Å². The number of halogens is 2. The Labute approximate surface area is 268 Å². The molecule has 5 rings (SSSR count). The van der Waals surface area contributed by atoms with Crippen LogP contribution in [0.15, 0.2) is 36.7 Å². The Kier molecular flexibility index (Phi) is 10.4. The van der Waals surface area contributed by atoms with Gasteiger partial charge >= 0.3 is 13.7 Å². The molecule has 18 heteroatoms. The Balaban J connectivity index is 1.38. The summed E-state index contributed by atoms with van der Waals surface area (Å²) in [6.45, 7) is 2.88. The van der Waals surface area contributed by atoms with Crippen LogP contribution in [0.1, 0.15) is 59.1 Å². The van der Waals surface area contributed by atoms with Crippen LogP contribution < -0.4 is 19.7 Å². The highest BCUT2D eigenvalue weighted by atomic mass is 31.2. The van der Waals surface area contributed by atoms with Crippen molar-refractivity contribution in [3.05, 3.63) is 36.7 Å². The molecule has 1 saturated carbocycles. The number of carbonyl (C=O) groups is 2. The Hall–Kier alpha value is -3.76. The number of carbonyl (C=O) groups excluding carboxylic acids is 2. The van der Waals surface area contributed by atoms with Crippen LogP contribution in [0.2, 0.25) is 0 Å². The lowest BCUT2D eigenvalue weighted by molar-refractivity contribution is -0.192. The smallest absolute Gasteiger partial charge is 0.459 e. The predicted molar refractivity (Wildman–Crippen MR) is 162 cm³/mol. The number of aromatic nitrogens is 4. The zero-order chi connectivity index (χ0) is 33.8. The van der Waals surface area contributed by atoms with Crippen molar-refractivity contribution in [1.29, 1.82) is 0 Å². The van der Waals surface area contributed by atoms with Crippen molar-refractivity contribution in [2.45, 2.75) is 88.9 Å². The fourth-order valence-corrected chi connectivity index (χ4v) is 6.92. The number of esters is 1. The minimum atomic E-state index is -4.63. The van der Waals surface area contributed by atoms with Gasteiger partial charge in [0.2, 0.25) is 18.2 Å². The van der Waals surface area contributed by atoms with E-state index in [1.54, 1.807) is 25.1 Å². The molecule has 1 aliphatic carbocycles.